The van der Waals surface area contributed by atoms with Gasteiger partial charge in [-0.2, -0.15) is 0 Å². The number of amides is 2. The van der Waals surface area contributed by atoms with Crippen molar-refractivity contribution in [2.24, 2.45) is 23.5 Å². The summed E-state index contributed by atoms with van der Waals surface area (Å²) >= 11 is 0. The zero-order chi connectivity index (χ0) is 18.9. The monoisotopic (exact) mass is 357 g/mol. The molecule has 5 nitrogen and oxygen atoms in total. The average molecular weight is 357 g/mol. The van der Waals surface area contributed by atoms with Crippen molar-refractivity contribution in [1.82, 2.24) is 5.32 Å². The van der Waals surface area contributed by atoms with E-state index in [1.165, 1.54) is 6.42 Å². The number of anilines is 1. The van der Waals surface area contributed by atoms with Gasteiger partial charge in [0.2, 0.25) is 5.91 Å². The number of benzene rings is 1. The molecule has 4 N–H and O–H groups in total. The van der Waals surface area contributed by atoms with Crippen LogP contribution in [0.3, 0.4) is 0 Å². The molecule has 2 saturated carbocycles. The molecule has 2 aliphatic carbocycles. The highest BCUT2D eigenvalue weighted by atomic mass is 16.2. The van der Waals surface area contributed by atoms with E-state index in [1.807, 2.05) is 20.8 Å². The van der Waals surface area contributed by atoms with Gasteiger partial charge in [0.15, 0.2) is 0 Å². The highest BCUT2D eigenvalue weighted by molar-refractivity contribution is 5.96. The van der Waals surface area contributed by atoms with Crippen LogP contribution >= 0.6 is 0 Å². The van der Waals surface area contributed by atoms with E-state index in [1.54, 1.807) is 24.3 Å². The Morgan fingerprint density at radius 2 is 1.62 bits per heavy atom. The van der Waals surface area contributed by atoms with Gasteiger partial charge in [-0.05, 0) is 82.6 Å². The van der Waals surface area contributed by atoms with Crippen LogP contribution < -0.4 is 16.4 Å². The highest BCUT2D eigenvalue weighted by Crippen LogP contribution is 2.42. The van der Waals surface area contributed by atoms with Gasteiger partial charge >= 0.3 is 0 Å². The summed E-state index contributed by atoms with van der Waals surface area (Å²) in [4.78, 5) is 24.9. The Morgan fingerprint density at radius 3 is 2.15 bits per heavy atom. The molecule has 2 unspecified atom stereocenters. The molecule has 2 fully saturated rings. The third-order valence-electron chi connectivity index (χ3n) is 5.69. The Labute approximate surface area is 156 Å². The summed E-state index contributed by atoms with van der Waals surface area (Å²) in [7, 11) is 0. The van der Waals surface area contributed by atoms with Crippen molar-refractivity contribution in [2.75, 3.05) is 5.32 Å². The number of carbonyl (C=O) groups is 2. The smallest absolute Gasteiger partial charge is 0.251 e. The third kappa shape index (κ3) is 4.44. The van der Waals surface area contributed by atoms with Crippen LogP contribution in [0.15, 0.2) is 24.3 Å². The lowest BCUT2D eigenvalue weighted by molar-refractivity contribution is -0.122. The van der Waals surface area contributed by atoms with Gasteiger partial charge in [-0.3, -0.25) is 9.59 Å². The van der Waals surface area contributed by atoms with Gasteiger partial charge < -0.3 is 16.4 Å². The minimum Gasteiger partial charge on any atom is -0.347 e. The molecule has 0 spiro atoms. The first kappa shape index (κ1) is 18.9. The van der Waals surface area contributed by atoms with E-state index < -0.39 is 0 Å². The zero-order valence-corrected chi connectivity index (χ0v) is 16.0. The molecule has 2 bridgehead atoms. The Hall–Kier alpha value is -1.88. The van der Waals surface area contributed by atoms with E-state index in [0.29, 0.717) is 17.4 Å². The van der Waals surface area contributed by atoms with Crippen LogP contribution in [0, 0.1) is 17.8 Å². The standard InChI is InChI=1S/C21H31N3O2/c1-21(2,3)24-20(26)13-7-9-17(10-8-13)23-19(25)16-11-14-5-4-6-15(12-16)18(14)22/h7-10,14-16,18H,4-6,11-12,22H2,1-3H3,(H,23,25)(H,24,26). The van der Waals surface area contributed by atoms with Crippen LogP contribution in [-0.4, -0.2) is 23.4 Å². The van der Waals surface area contributed by atoms with Gasteiger partial charge in [-0.1, -0.05) is 6.42 Å². The van der Waals surface area contributed by atoms with Crippen molar-refractivity contribution in [3.8, 4) is 0 Å². The van der Waals surface area contributed by atoms with Crippen LogP contribution in [0.25, 0.3) is 0 Å². The zero-order valence-electron chi connectivity index (χ0n) is 16.0. The van der Waals surface area contributed by atoms with Crippen LogP contribution in [-0.2, 0) is 4.79 Å². The van der Waals surface area contributed by atoms with E-state index in [2.05, 4.69) is 10.6 Å². The minimum absolute atomic E-state index is 0.0500. The van der Waals surface area contributed by atoms with E-state index in [0.717, 1.165) is 31.4 Å². The molecule has 5 heteroatoms. The van der Waals surface area contributed by atoms with E-state index in [-0.39, 0.29) is 29.3 Å². The first-order valence-electron chi connectivity index (χ1n) is 9.72. The maximum Gasteiger partial charge on any atom is 0.251 e. The summed E-state index contributed by atoms with van der Waals surface area (Å²) in [5.74, 6) is 1.00. The predicted molar refractivity (Wildman–Crippen MR) is 104 cm³/mol. The van der Waals surface area contributed by atoms with Crippen molar-refractivity contribution >= 4 is 17.5 Å². The molecule has 0 aromatic heterocycles. The molecule has 2 atom stereocenters. The second-order valence-electron chi connectivity index (χ2n) is 8.97. The molecule has 0 saturated heterocycles. The van der Waals surface area contributed by atoms with Gasteiger partial charge in [0.25, 0.3) is 5.91 Å². The molecule has 2 amide bonds. The second-order valence-corrected chi connectivity index (χ2v) is 8.97. The topological polar surface area (TPSA) is 84.2 Å². The van der Waals surface area contributed by atoms with Gasteiger partial charge in [-0.15, -0.1) is 0 Å². The van der Waals surface area contributed by atoms with Crippen LogP contribution in [0.2, 0.25) is 0 Å². The summed E-state index contributed by atoms with van der Waals surface area (Å²) in [6.07, 6.45) is 5.35. The normalized spacial score (nSPS) is 28.3. The van der Waals surface area contributed by atoms with Crippen molar-refractivity contribution in [3.63, 3.8) is 0 Å². The lowest BCUT2D eigenvalue weighted by atomic mass is 9.65. The van der Waals surface area contributed by atoms with E-state index >= 15 is 0 Å². The second kappa shape index (κ2) is 7.39. The fourth-order valence-electron chi connectivity index (χ4n) is 4.37. The number of carbonyl (C=O) groups excluding carboxylic acids is 2. The van der Waals surface area contributed by atoms with Crippen LogP contribution in [0.5, 0.6) is 0 Å². The molecule has 1 aromatic rings. The van der Waals surface area contributed by atoms with Gasteiger partial charge in [0.1, 0.15) is 0 Å². The van der Waals surface area contributed by atoms with Crippen molar-refractivity contribution in [3.05, 3.63) is 29.8 Å². The lowest BCUT2D eigenvalue weighted by Gasteiger charge is -2.43. The molecule has 2 aliphatic rings. The van der Waals surface area contributed by atoms with Gasteiger partial charge in [0, 0.05) is 28.7 Å². The molecule has 0 heterocycles. The summed E-state index contributed by atoms with van der Waals surface area (Å²) in [6.45, 7) is 5.85. The maximum absolute atomic E-state index is 12.7. The Kier molecular flexibility index (Phi) is 5.37. The fraction of sp³-hybridized carbons (Fsp3) is 0.619. The van der Waals surface area contributed by atoms with Gasteiger partial charge in [0.05, 0.1) is 0 Å². The summed E-state index contributed by atoms with van der Waals surface area (Å²) in [5.41, 5.74) is 7.38. The quantitative estimate of drug-likeness (QED) is 0.776. The molecule has 3 rings (SSSR count). The molecular weight excluding hydrogens is 326 g/mol. The Balaban J connectivity index is 1.59. The first-order valence-corrected chi connectivity index (χ1v) is 9.72. The third-order valence-corrected chi connectivity index (χ3v) is 5.69. The molecule has 1 aromatic carbocycles. The predicted octanol–water partition coefficient (Wildman–Crippen LogP) is 3.31. The highest BCUT2D eigenvalue weighted by Gasteiger charge is 2.40. The Morgan fingerprint density at radius 1 is 1.04 bits per heavy atom. The average Bonchev–Trinajstić information content (AvgIpc) is 2.53. The number of rotatable bonds is 3. The summed E-state index contributed by atoms with van der Waals surface area (Å²) in [5, 5.41) is 5.95. The minimum atomic E-state index is -0.274. The molecular formula is C21H31N3O2. The molecule has 142 valence electrons. The van der Waals surface area contributed by atoms with Gasteiger partial charge in [-0.25, -0.2) is 0 Å². The fourth-order valence-corrected chi connectivity index (χ4v) is 4.37. The van der Waals surface area contributed by atoms with Crippen LogP contribution in [0.1, 0.15) is 63.2 Å². The Bertz CT molecular complexity index is 649. The number of hydrogen-bond acceptors (Lipinski definition) is 3. The number of hydrogen-bond donors (Lipinski definition) is 3. The number of fused-ring (bicyclic) bond motifs is 2. The lowest BCUT2D eigenvalue weighted by Crippen LogP contribution is -2.48. The molecule has 26 heavy (non-hydrogen) atoms. The molecule has 0 aliphatic heterocycles. The van der Waals surface area contributed by atoms with Crippen molar-refractivity contribution < 1.29 is 9.59 Å². The van der Waals surface area contributed by atoms with Crippen LogP contribution in [0.4, 0.5) is 5.69 Å². The molecule has 0 radical (unpaired) electrons. The van der Waals surface area contributed by atoms with Crippen molar-refractivity contribution in [2.45, 2.75) is 64.5 Å². The first-order chi connectivity index (χ1) is 12.2. The summed E-state index contributed by atoms with van der Waals surface area (Å²) < 4.78 is 0. The number of nitrogens with one attached hydrogen (secondary N) is 2. The SMILES string of the molecule is CC(C)(C)NC(=O)c1ccc(NC(=O)C2CC3CCCC(C2)C3N)cc1. The summed E-state index contributed by atoms with van der Waals surface area (Å²) in [6, 6.07) is 7.37. The van der Waals surface area contributed by atoms with Crippen molar-refractivity contribution in [1.29, 1.82) is 0 Å². The number of nitrogens with two attached hydrogens (primary N) is 1. The maximum atomic E-state index is 12.7. The van der Waals surface area contributed by atoms with E-state index in [9.17, 15) is 9.59 Å². The van der Waals surface area contributed by atoms with E-state index in [4.69, 9.17) is 5.73 Å². The largest absolute Gasteiger partial charge is 0.347 e.